The predicted molar refractivity (Wildman–Crippen MR) is 128 cm³/mol. The lowest BCUT2D eigenvalue weighted by atomic mass is 10.3. The molecule has 0 radical (unpaired) electrons. The molecule has 1 amide bonds. The van der Waals surface area contributed by atoms with Gasteiger partial charge in [0.15, 0.2) is 11.5 Å². The highest BCUT2D eigenvalue weighted by molar-refractivity contribution is 7.14. The number of nitrogens with zero attached hydrogens (tertiary/aromatic N) is 7. The van der Waals surface area contributed by atoms with Crippen LogP contribution < -0.4 is 4.90 Å². The van der Waals surface area contributed by atoms with Crippen LogP contribution in [0.3, 0.4) is 0 Å². The molecule has 0 saturated carbocycles. The number of hydrogen-bond donors (Lipinski definition) is 1. The summed E-state index contributed by atoms with van der Waals surface area (Å²) in [5, 5.41) is 1.09. The molecule has 1 aliphatic heterocycles. The van der Waals surface area contributed by atoms with Gasteiger partial charge in [0.05, 0.1) is 22.9 Å². The summed E-state index contributed by atoms with van der Waals surface area (Å²) in [6.45, 7) is 3.27. The zero-order valence-corrected chi connectivity index (χ0v) is 18.7. The van der Waals surface area contributed by atoms with Gasteiger partial charge in [-0.1, -0.05) is 12.1 Å². The summed E-state index contributed by atoms with van der Waals surface area (Å²) < 4.78 is 1.82. The first-order valence-electron chi connectivity index (χ1n) is 10.9. The van der Waals surface area contributed by atoms with E-state index in [0.29, 0.717) is 6.54 Å². The van der Waals surface area contributed by atoms with Gasteiger partial charge in [-0.05, 0) is 30.7 Å². The normalized spacial score (nSPS) is 14.8. The first-order valence-corrected chi connectivity index (χ1v) is 11.8. The third-order valence-electron chi connectivity index (χ3n) is 5.98. The van der Waals surface area contributed by atoms with Gasteiger partial charge in [-0.15, -0.1) is 11.3 Å². The summed E-state index contributed by atoms with van der Waals surface area (Å²) >= 11 is 1.62. The number of aromatic nitrogens is 6. The Bertz CT molecular complexity index is 1400. The highest BCUT2D eigenvalue weighted by atomic mass is 32.1. The van der Waals surface area contributed by atoms with Crippen molar-refractivity contribution in [3.05, 3.63) is 54.4 Å². The molecule has 5 aromatic rings. The van der Waals surface area contributed by atoms with Crippen LogP contribution in [0.1, 0.15) is 6.42 Å². The Hall–Kier alpha value is -3.79. The molecular weight excluding hydrogens is 436 g/mol. The van der Waals surface area contributed by atoms with Crippen molar-refractivity contribution in [3.8, 4) is 11.5 Å². The number of carbonyl (C=O) groups excluding carboxylic acids is 1. The fourth-order valence-corrected chi connectivity index (χ4v) is 5.17. The van der Waals surface area contributed by atoms with Gasteiger partial charge in [0.2, 0.25) is 5.91 Å². The second-order valence-electron chi connectivity index (χ2n) is 8.05. The molecule has 6 rings (SSSR count). The second-order valence-corrected chi connectivity index (χ2v) is 8.88. The van der Waals surface area contributed by atoms with Crippen LogP contribution in [-0.2, 0) is 11.3 Å². The van der Waals surface area contributed by atoms with Gasteiger partial charge in [-0.25, -0.2) is 19.9 Å². The van der Waals surface area contributed by atoms with E-state index >= 15 is 0 Å². The first kappa shape index (κ1) is 19.9. The molecule has 0 unspecified atom stereocenters. The number of fused-ring (bicyclic) bond motifs is 2. The summed E-state index contributed by atoms with van der Waals surface area (Å²) in [7, 11) is 0. The molecule has 9 nitrogen and oxygen atoms in total. The molecule has 0 spiro atoms. The molecule has 10 heteroatoms. The minimum atomic E-state index is 0.0867. The van der Waals surface area contributed by atoms with Crippen molar-refractivity contribution in [1.82, 2.24) is 34.4 Å². The van der Waals surface area contributed by atoms with E-state index in [4.69, 9.17) is 4.98 Å². The number of thiazole rings is 1. The molecule has 1 saturated heterocycles. The minimum absolute atomic E-state index is 0.0867. The molecule has 166 valence electrons. The quantitative estimate of drug-likeness (QED) is 0.444. The van der Waals surface area contributed by atoms with Gasteiger partial charge in [0.1, 0.15) is 22.8 Å². The number of hydrogen-bond acceptors (Lipinski definition) is 7. The van der Waals surface area contributed by atoms with Gasteiger partial charge in [0, 0.05) is 32.4 Å². The average Bonchev–Trinajstić information content (AvgIpc) is 3.54. The molecular formula is C23H22N8OS. The van der Waals surface area contributed by atoms with Crippen LogP contribution in [-0.4, -0.2) is 66.5 Å². The number of H-pyrrole nitrogens is 1. The molecule has 0 aliphatic carbocycles. The van der Waals surface area contributed by atoms with Crippen LogP contribution in [0.5, 0.6) is 0 Å². The lowest BCUT2D eigenvalue weighted by Crippen LogP contribution is -2.37. The molecule has 1 fully saturated rings. The second kappa shape index (κ2) is 8.28. The lowest BCUT2D eigenvalue weighted by molar-refractivity contribution is -0.131. The molecule has 1 aliphatic rings. The number of carbonyl (C=O) groups is 1. The molecule has 1 aromatic carbocycles. The molecule has 5 heterocycles. The zero-order valence-electron chi connectivity index (χ0n) is 17.9. The van der Waals surface area contributed by atoms with Crippen molar-refractivity contribution in [2.75, 3.05) is 31.1 Å². The predicted octanol–water partition coefficient (Wildman–Crippen LogP) is 3.17. The minimum Gasteiger partial charge on any atom is -0.360 e. The van der Waals surface area contributed by atoms with Gasteiger partial charge < -0.3 is 19.4 Å². The van der Waals surface area contributed by atoms with E-state index in [1.54, 1.807) is 23.9 Å². The van der Waals surface area contributed by atoms with Crippen LogP contribution >= 0.6 is 11.3 Å². The maximum atomic E-state index is 13.0. The fourth-order valence-electron chi connectivity index (χ4n) is 4.32. The van der Waals surface area contributed by atoms with Crippen molar-refractivity contribution in [3.63, 3.8) is 0 Å². The summed E-state index contributed by atoms with van der Waals surface area (Å²) in [5.41, 5.74) is 6.20. The molecule has 33 heavy (non-hydrogen) atoms. The number of pyridine rings is 1. The largest absolute Gasteiger partial charge is 0.360 e. The van der Waals surface area contributed by atoms with Gasteiger partial charge in [0.25, 0.3) is 0 Å². The van der Waals surface area contributed by atoms with Crippen molar-refractivity contribution in [2.45, 2.75) is 13.0 Å². The number of para-hydroxylation sites is 2. The van der Waals surface area contributed by atoms with Crippen LogP contribution in [0.4, 0.5) is 5.00 Å². The monoisotopic (exact) mass is 458 g/mol. The third kappa shape index (κ3) is 3.72. The van der Waals surface area contributed by atoms with E-state index in [1.807, 2.05) is 51.4 Å². The van der Waals surface area contributed by atoms with Crippen LogP contribution in [0, 0.1) is 0 Å². The van der Waals surface area contributed by atoms with Crippen LogP contribution in [0.25, 0.3) is 33.7 Å². The lowest BCUT2D eigenvalue weighted by Gasteiger charge is -2.23. The number of nitrogens with one attached hydrogen (secondary N) is 1. The third-order valence-corrected chi connectivity index (χ3v) is 6.86. The van der Waals surface area contributed by atoms with Crippen LogP contribution in [0.2, 0.25) is 0 Å². The smallest absolute Gasteiger partial charge is 0.242 e. The van der Waals surface area contributed by atoms with E-state index in [-0.39, 0.29) is 12.5 Å². The average molecular weight is 459 g/mol. The molecule has 0 atom stereocenters. The summed E-state index contributed by atoms with van der Waals surface area (Å²) in [6.07, 6.45) is 4.31. The Labute approximate surface area is 193 Å². The number of imidazole rings is 2. The maximum Gasteiger partial charge on any atom is 0.242 e. The summed E-state index contributed by atoms with van der Waals surface area (Å²) in [6, 6.07) is 11.8. The van der Waals surface area contributed by atoms with E-state index in [1.165, 1.54) is 0 Å². The first-order chi connectivity index (χ1) is 16.3. The Balaban J connectivity index is 1.18. The number of rotatable bonds is 4. The zero-order chi connectivity index (χ0) is 22.2. The molecule has 4 aromatic heterocycles. The molecule has 0 bridgehead atoms. The van der Waals surface area contributed by atoms with E-state index < -0.39 is 0 Å². The Morgan fingerprint density at radius 3 is 2.85 bits per heavy atom. The molecule has 1 N–H and O–H groups in total. The van der Waals surface area contributed by atoms with Gasteiger partial charge >= 0.3 is 0 Å². The van der Waals surface area contributed by atoms with Crippen molar-refractivity contribution in [2.24, 2.45) is 0 Å². The van der Waals surface area contributed by atoms with E-state index in [2.05, 4.69) is 24.8 Å². The number of anilines is 1. The topological polar surface area (TPSA) is 95.8 Å². The highest BCUT2D eigenvalue weighted by Crippen LogP contribution is 2.33. The van der Waals surface area contributed by atoms with Crippen LogP contribution in [0.15, 0.2) is 54.4 Å². The SMILES string of the molecule is O=C(Cn1cnc2cccnc21)N1CCCN(c2scnc2-c2nc3ccccc3[nH]2)CC1. The fraction of sp³-hybridized carbons (Fsp3) is 0.261. The number of benzene rings is 1. The Morgan fingerprint density at radius 1 is 1.00 bits per heavy atom. The van der Waals surface area contributed by atoms with Crippen molar-refractivity contribution in [1.29, 1.82) is 0 Å². The summed E-state index contributed by atoms with van der Waals surface area (Å²) in [4.78, 5) is 38.7. The van der Waals surface area contributed by atoms with Gasteiger partial charge in [-0.3, -0.25) is 4.79 Å². The van der Waals surface area contributed by atoms with Gasteiger partial charge in [-0.2, -0.15) is 0 Å². The number of aromatic amines is 1. The summed E-state index contributed by atoms with van der Waals surface area (Å²) in [5.74, 6) is 0.868. The Morgan fingerprint density at radius 2 is 1.91 bits per heavy atom. The standard InChI is InChI=1S/C23H22N8OS/c32-19(13-31-14-25-18-7-3-8-24-22(18)31)29-9-4-10-30(12-11-29)23-20(26-15-33-23)21-27-16-5-1-2-6-17(16)28-21/h1-3,5-8,14-15H,4,9-13H2,(H,27,28). The highest BCUT2D eigenvalue weighted by Gasteiger charge is 2.24. The van der Waals surface area contributed by atoms with Crippen molar-refractivity contribution < 1.29 is 4.79 Å². The van der Waals surface area contributed by atoms with E-state index in [0.717, 1.165) is 64.8 Å². The maximum absolute atomic E-state index is 13.0. The Kier molecular flexibility index (Phi) is 4.99. The number of amides is 1. The van der Waals surface area contributed by atoms with Crippen molar-refractivity contribution >= 4 is 44.4 Å². The van der Waals surface area contributed by atoms with E-state index in [9.17, 15) is 4.79 Å².